The van der Waals surface area contributed by atoms with Gasteiger partial charge in [0, 0.05) is 26.7 Å². The lowest BCUT2D eigenvalue weighted by molar-refractivity contribution is -0.123. The van der Waals surface area contributed by atoms with E-state index in [2.05, 4.69) is 37.9 Å². The molecule has 0 fully saturated rings. The van der Waals surface area contributed by atoms with Crippen molar-refractivity contribution < 1.29 is 9.47 Å². The predicted octanol–water partition coefficient (Wildman–Crippen LogP) is 4.84. The molecule has 0 amide bonds. The lowest BCUT2D eigenvalue weighted by atomic mass is 10.2. The quantitative estimate of drug-likeness (QED) is 0.355. The SMILES string of the molecule is CCCCCC#COC(C)(C)OC#CCCCCC. The molecule has 0 unspecified atom stereocenters. The van der Waals surface area contributed by atoms with Crippen LogP contribution in [0.3, 0.4) is 0 Å². The lowest BCUT2D eigenvalue weighted by Crippen LogP contribution is -2.24. The van der Waals surface area contributed by atoms with E-state index in [-0.39, 0.29) is 0 Å². The first-order valence-corrected chi connectivity index (χ1v) is 7.44. The highest BCUT2D eigenvalue weighted by Gasteiger charge is 2.18. The van der Waals surface area contributed by atoms with E-state index in [4.69, 9.17) is 9.47 Å². The molecule has 2 nitrogen and oxygen atoms in total. The molecule has 0 aliphatic rings. The molecule has 0 N–H and O–H groups in total. The van der Waals surface area contributed by atoms with Gasteiger partial charge < -0.3 is 9.47 Å². The summed E-state index contributed by atoms with van der Waals surface area (Å²) in [4.78, 5) is 0. The van der Waals surface area contributed by atoms with Gasteiger partial charge in [0.05, 0.1) is 0 Å². The standard InChI is InChI=1S/C17H28O2/c1-5-7-9-11-13-15-18-17(3,4)19-16-14-12-10-8-6-2/h5-12H2,1-4H3. The van der Waals surface area contributed by atoms with E-state index in [9.17, 15) is 0 Å². The predicted molar refractivity (Wildman–Crippen MR) is 80.1 cm³/mol. The lowest BCUT2D eigenvalue weighted by Gasteiger charge is -2.18. The Hall–Kier alpha value is -1.28. The van der Waals surface area contributed by atoms with Gasteiger partial charge >= 0.3 is 0 Å². The van der Waals surface area contributed by atoms with Crippen molar-refractivity contribution in [3.8, 4) is 24.1 Å². The van der Waals surface area contributed by atoms with E-state index in [0.717, 1.165) is 25.7 Å². The Morgan fingerprint density at radius 3 is 1.53 bits per heavy atom. The number of hydrogen-bond donors (Lipinski definition) is 0. The van der Waals surface area contributed by atoms with Gasteiger partial charge in [-0.3, -0.25) is 0 Å². The van der Waals surface area contributed by atoms with Crippen LogP contribution in [-0.2, 0) is 9.47 Å². The topological polar surface area (TPSA) is 18.5 Å². The van der Waals surface area contributed by atoms with Gasteiger partial charge in [-0.15, -0.1) is 0 Å². The maximum atomic E-state index is 5.35. The Bertz CT molecular complexity index is 291. The van der Waals surface area contributed by atoms with Crippen LogP contribution >= 0.6 is 0 Å². The first-order valence-electron chi connectivity index (χ1n) is 7.44. The maximum Gasteiger partial charge on any atom is 0.266 e. The van der Waals surface area contributed by atoms with Crippen molar-refractivity contribution >= 4 is 0 Å². The molecule has 0 bridgehead atoms. The molecule has 0 aliphatic carbocycles. The van der Waals surface area contributed by atoms with E-state index in [0.29, 0.717) is 0 Å². The van der Waals surface area contributed by atoms with Crippen LogP contribution in [0.4, 0.5) is 0 Å². The van der Waals surface area contributed by atoms with Crippen molar-refractivity contribution in [2.45, 2.75) is 84.8 Å². The third-order valence-corrected chi connectivity index (χ3v) is 2.55. The normalized spacial score (nSPS) is 9.89. The molecule has 0 rings (SSSR count). The van der Waals surface area contributed by atoms with E-state index in [1.807, 2.05) is 13.8 Å². The van der Waals surface area contributed by atoms with Crippen molar-refractivity contribution in [3.05, 3.63) is 0 Å². The zero-order chi connectivity index (χ0) is 14.4. The first-order chi connectivity index (χ1) is 9.12. The number of unbranched alkanes of at least 4 members (excludes halogenated alkanes) is 6. The number of hydrogen-bond acceptors (Lipinski definition) is 2. The molecular formula is C17H28O2. The minimum Gasteiger partial charge on any atom is -0.402 e. The molecule has 0 atom stereocenters. The summed E-state index contributed by atoms with van der Waals surface area (Å²) in [7, 11) is 0. The fourth-order valence-corrected chi connectivity index (χ4v) is 1.37. The third-order valence-electron chi connectivity index (χ3n) is 2.55. The third kappa shape index (κ3) is 13.0. The minimum atomic E-state index is -0.754. The van der Waals surface area contributed by atoms with Crippen LogP contribution in [-0.4, -0.2) is 5.79 Å². The van der Waals surface area contributed by atoms with E-state index >= 15 is 0 Å². The summed E-state index contributed by atoms with van der Waals surface area (Å²) in [6.07, 6.45) is 14.3. The Kier molecular flexibility index (Phi) is 11.0. The number of rotatable bonds is 8. The Labute approximate surface area is 119 Å². The van der Waals surface area contributed by atoms with E-state index in [1.165, 1.54) is 25.7 Å². The molecule has 0 saturated heterocycles. The second-order valence-corrected chi connectivity index (χ2v) is 5.08. The zero-order valence-corrected chi connectivity index (χ0v) is 13.0. The molecule has 0 heterocycles. The average molecular weight is 264 g/mol. The Morgan fingerprint density at radius 2 is 1.16 bits per heavy atom. The average Bonchev–Trinajstić information content (AvgIpc) is 2.38. The van der Waals surface area contributed by atoms with Crippen molar-refractivity contribution in [2.24, 2.45) is 0 Å². The zero-order valence-electron chi connectivity index (χ0n) is 13.0. The van der Waals surface area contributed by atoms with Gasteiger partial charge in [-0.25, -0.2) is 0 Å². The van der Waals surface area contributed by atoms with E-state index in [1.54, 1.807) is 0 Å². The summed E-state index contributed by atoms with van der Waals surface area (Å²) in [5.74, 6) is 5.23. The molecule has 0 radical (unpaired) electrons. The van der Waals surface area contributed by atoms with Gasteiger partial charge in [0.2, 0.25) is 0 Å². The van der Waals surface area contributed by atoms with Crippen LogP contribution in [0.25, 0.3) is 0 Å². The summed E-state index contributed by atoms with van der Waals surface area (Å²) in [6.45, 7) is 8.02. The molecule has 0 aromatic rings. The molecule has 0 aliphatic heterocycles. The fraction of sp³-hybridized carbons (Fsp3) is 0.765. The minimum absolute atomic E-state index is 0.754. The largest absolute Gasteiger partial charge is 0.402 e. The Morgan fingerprint density at radius 1 is 0.737 bits per heavy atom. The van der Waals surface area contributed by atoms with Crippen molar-refractivity contribution in [1.82, 2.24) is 0 Å². The molecular weight excluding hydrogens is 236 g/mol. The van der Waals surface area contributed by atoms with Gasteiger partial charge in [-0.2, -0.15) is 0 Å². The van der Waals surface area contributed by atoms with Gasteiger partial charge in [0.1, 0.15) is 12.2 Å². The first kappa shape index (κ1) is 17.7. The highest BCUT2D eigenvalue weighted by molar-refractivity contribution is 4.95. The highest BCUT2D eigenvalue weighted by atomic mass is 16.7. The fourth-order valence-electron chi connectivity index (χ4n) is 1.37. The monoisotopic (exact) mass is 264 g/mol. The van der Waals surface area contributed by atoms with Crippen LogP contribution in [0.2, 0.25) is 0 Å². The van der Waals surface area contributed by atoms with Crippen molar-refractivity contribution in [3.63, 3.8) is 0 Å². The molecule has 0 spiro atoms. The van der Waals surface area contributed by atoms with E-state index < -0.39 is 5.79 Å². The molecule has 108 valence electrons. The second kappa shape index (κ2) is 11.8. The van der Waals surface area contributed by atoms with Crippen LogP contribution < -0.4 is 0 Å². The van der Waals surface area contributed by atoms with Gasteiger partial charge in [0.25, 0.3) is 5.79 Å². The summed E-state index contributed by atoms with van der Waals surface area (Å²) in [5, 5.41) is 0. The van der Waals surface area contributed by atoms with Gasteiger partial charge in [-0.05, 0) is 12.8 Å². The van der Waals surface area contributed by atoms with Crippen LogP contribution in [0.1, 0.15) is 79.1 Å². The molecule has 19 heavy (non-hydrogen) atoms. The van der Waals surface area contributed by atoms with Gasteiger partial charge in [0.15, 0.2) is 0 Å². The highest BCUT2D eigenvalue weighted by Crippen LogP contribution is 2.09. The maximum absolute atomic E-state index is 5.35. The second-order valence-electron chi connectivity index (χ2n) is 5.08. The smallest absolute Gasteiger partial charge is 0.266 e. The van der Waals surface area contributed by atoms with Crippen molar-refractivity contribution in [1.29, 1.82) is 0 Å². The number of ether oxygens (including phenoxy) is 2. The van der Waals surface area contributed by atoms with Crippen LogP contribution in [0.5, 0.6) is 0 Å². The van der Waals surface area contributed by atoms with Crippen LogP contribution in [0.15, 0.2) is 0 Å². The molecule has 0 aromatic heterocycles. The molecule has 0 saturated carbocycles. The van der Waals surface area contributed by atoms with Crippen molar-refractivity contribution in [2.75, 3.05) is 0 Å². The van der Waals surface area contributed by atoms with Gasteiger partial charge in [-0.1, -0.05) is 51.4 Å². The molecule has 0 aromatic carbocycles. The summed E-state index contributed by atoms with van der Waals surface area (Å²) < 4.78 is 10.7. The molecule has 2 heteroatoms. The summed E-state index contributed by atoms with van der Waals surface area (Å²) in [5.41, 5.74) is 0. The summed E-state index contributed by atoms with van der Waals surface area (Å²) >= 11 is 0. The summed E-state index contributed by atoms with van der Waals surface area (Å²) in [6, 6.07) is 0. The van der Waals surface area contributed by atoms with Crippen LogP contribution in [0, 0.1) is 24.1 Å². The Balaban J connectivity index is 3.78.